The summed E-state index contributed by atoms with van der Waals surface area (Å²) in [6.07, 6.45) is 1.08. The maximum atomic E-state index is 9.47. The highest BCUT2D eigenvalue weighted by atomic mass is 35.5. The van der Waals surface area contributed by atoms with Gasteiger partial charge in [-0.1, -0.05) is 61.8 Å². The standard InChI is InChI=1S/C18H22ClNO/c1-13(2)10-17(15-6-4-3-5-7-15)20-12-14-8-9-18(21)16(19)11-14/h3-9,11,13,17,20-21H,10,12H2,1-2H3. The summed E-state index contributed by atoms with van der Waals surface area (Å²) < 4.78 is 0. The zero-order valence-electron chi connectivity index (χ0n) is 12.5. The first-order chi connectivity index (χ1) is 10.1. The molecule has 2 nitrogen and oxygen atoms in total. The van der Waals surface area contributed by atoms with E-state index in [-0.39, 0.29) is 5.75 Å². The Balaban J connectivity index is 2.07. The van der Waals surface area contributed by atoms with E-state index in [4.69, 9.17) is 11.6 Å². The van der Waals surface area contributed by atoms with Crippen LogP contribution in [-0.4, -0.2) is 5.11 Å². The van der Waals surface area contributed by atoms with Crippen LogP contribution in [0.4, 0.5) is 0 Å². The largest absolute Gasteiger partial charge is 0.506 e. The van der Waals surface area contributed by atoms with E-state index in [1.807, 2.05) is 12.1 Å². The number of aromatic hydroxyl groups is 1. The molecule has 0 bridgehead atoms. The average Bonchev–Trinajstić information content (AvgIpc) is 2.47. The van der Waals surface area contributed by atoms with E-state index in [9.17, 15) is 5.11 Å². The van der Waals surface area contributed by atoms with E-state index in [1.165, 1.54) is 5.56 Å². The maximum Gasteiger partial charge on any atom is 0.134 e. The van der Waals surface area contributed by atoms with Gasteiger partial charge < -0.3 is 10.4 Å². The molecular weight excluding hydrogens is 282 g/mol. The molecule has 0 aliphatic rings. The molecule has 0 aliphatic heterocycles. The fraction of sp³-hybridized carbons (Fsp3) is 0.333. The van der Waals surface area contributed by atoms with Crippen molar-refractivity contribution in [2.45, 2.75) is 32.9 Å². The van der Waals surface area contributed by atoms with Crippen LogP contribution in [0.15, 0.2) is 48.5 Å². The molecule has 2 aromatic carbocycles. The molecule has 112 valence electrons. The molecular formula is C18H22ClNO. The van der Waals surface area contributed by atoms with Gasteiger partial charge in [-0.15, -0.1) is 0 Å². The number of phenols is 1. The van der Waals surface area contributed by atoms with Gasteiger partial charge >= 0.3 is 0 Å². The maximum absolute atomic E-state index is 9.47. The third kappa shape index (κ3) is 4.76. The van der Waals surface area contributed by atoms with Crippen molar-refractivity contribution in [3.63, 3.8) is 0 Å². The summed E-state index contributed by atoms with van der Waals surface area (Å²) in [6.45, 7) is 5.19. The third-order valence-electron chi connectivity index (χ3n) is 3.47. The Morgan fingerprint density at radius 1 is 1.10 bits per heavy atom. The molecule has 1 atom stereocenters. The molecule has 2 aromatic rings. The summed E-state index contributed by atoms with van der Waals surface area (Å²) in [7, 11) is 0. The summed E-state index contributed by atoms with van der Waals surface area (Å²) in [5.41, 5.74) is 2.37. The van der Waals surface area contributed by atoms with Gasteiger partial charge in [0.15, 0.2) is 0 Å². The Morgan fingerprint density at radius 2 is 1.81 bits per heavy atom. The predicted molar refractivity (Wildman–Crippen MR) is 88.6 cm³/mol. The number of phenolic OH excluding ortho intramolecular Hbond substituents is 1. The minimum Gasteiger partial charge on any atom is -0.506 e. The molecule has 0 saturated carbocycles. The van der Waals surface area contributed by atoms with Crippen molar-refractivity contribution in [1.82, 2.24) is 5.32 Å². The smallest absolute Gasteiger partial charge is 0.134 e. The van der Waals surface area contributed by atoms with Crippen LogP contribution in [0.5, 0.6) is 5.75 Å². The predicted octanol–water partition coefficient (Wildman–Crippen LogP) is 4.92. The van der Waals surface area contributed by atoms with Gasteiger partial charge in [0.1, 0.15) is 5.75 Å². The second-order valence-corrected chi connectivity index (χ2v) is 6.17. The minimum atomic E-state index is 0.127. The number of nitrogens with one attached hydrogen (secondary N) is 1. The lowest BCUT2D eigenvalue weighted by Gasteiger charge is -2.21. The van der Waals surface area contributed by atoms with Gasteiger partial charge in [0.05, 0.1) is 5.02 Å². The first kappa shape index (κ1) is 15.9. The van der Waals surface area contributed by atoms with Crippen molar-refractivity contribution in [3.8, 4) is 5.75 Å². The van der Waals surface area contributed by atoms with E-state index >= 15 is 0 Å². The molecule has 0 aromatic heterocycles. The van der Waals surface area contributed by atoms with Crippen molar-refractivity contribution in [3.05, 3.63) is 64.7 Å². The van der Waals surface area contributed by atoms with E-state index in [1.54, 1.807) is 12.1 Å². The van der Waals surface area contributed by atoms with Gasteiger partial charge in [0.2, 0.25) is 0 Å². The molecule has 0 amide bonds. The van der Waals surface area contributed by atoms with Crippen LogP contribution < -0.4 is 5.32 Å². The Bertz CT molecular complexity index is 569. The minimum absolute atomic E-state index is 0.127. The van der Waals surface area contributed by atoms with Gasteiger partial charge in [-0.25, -0.2) is 0 Å². The second-order valence-electron chi connectivity index (χ2n) is 5.76. The normalized spacial score (nSPS) is 12.6. The lowest BCUT2D eigenvalue weighted by molar-refractivity contribution is 0.428. The Hall–Kier alpha value is -1.51. The summed E-state index contributed by atoms with van der Waals surface area (Å²) >= 11 is 5.95. The van der Waals surface area contributed by atoms with E-state index in [2.05, 4.69) is 43.4 Å². The Kier molecular flexibility index (Phi) is 5.66. The van der Waals surface area contributed by atoms with Crippen molar-refractivity contribution in [2.75, 3.05) is 0 Å². The van der Waals surface area contributed by atoms with Crippen molar-refractivity contribution >= 4 is 11.6 Å². The summed E-state index contributed by atoms with van der Waals surface area (Å²) in [5.74, 6) is 0.744. The highest BCUT2D eigenvalue weighted by molar-refractivity contribution is 6.32. The number of rotatable bonds is 6. The second kappa shape index (κ2) is 7.48. The van der Waals surface area contributed by atoms with Crippen molar-refractivity contribution < 1.29 is 5.11 Å². The Morgan fingerprint density at radius 3 is 2.43 bits per heavy atom. The van der Waals surface area contributed by atoms with Gasteiger partial charge in [0.25, 0.3) is 0 Å². The van der Waals surface area contributed by atoms with Crippen molar-refractivity contribution in [2.24, 2.45) is 5.92 Å². The monoisotopic (exact) mass is 303 g/mol. The molecule has 3 heteroatoms. The molecule has 0 fully saturated rings. The molecule has 21 heavy (non-hydrogen) atoms. The molecule has 0 heterocycles. The first-order valence-electron chi connectivity index (χ1n) is 7.32. The van der Waals surface area contributed by atoms with Crippen LogP contribution in [0.3, 0.4) is 0 Å². The average molecular weight is 304 g/mol. The number of hydrogen-bond acceptors (Lipinski definition) is 2. The highest BCUT2D eigenvalue weighted by Crippen LogP contribution is 2.25. The molecule has 0 radical (unpaired) electrons. The Labute approximate surface area is 131 Å². The number of benzene rings is 2. The van der Waals surface area contributed by atoms with Crippen molar-refractivity contribution in [1.29, 1.82) is 0 Å². The summed E-state index contributed by atoms with van der Waals surface area (Å²) in [4.78, 5) is 0. The van der Waals surface area contributed by atoms with Crippen LogP contribution in [-0.2, 0) is 6.54 Å². The van der Waals surface area contributed by atoms with Gasteiger partial charge in [-0.3, -0.25) is 0 Å². The number of hydrogen-bond donors (Lipinski definition) is 2. The van der Waals surface area contributed by atoms with Gasteiger partial charge in [-0.2, -0.15) is 0 Å². The lowest BCUT2D eigenvalue weighted by atomic mass is 9.97. The molecule has 0 spiro atoms. The fourth-order valence-corrected chi connectivity index (χ4v) is 2.60. The topological polar surface area (TPSA) is 32.3 Å². The van der Waals surface area contributed by atoms with Crippen LogP contribution in [0, 0.1) is 5.92 Å². The van der Waals surface area contributed by atoms with Crippen LogP contribution in [0.1, 0.15) is 37.4 Å². The van der Waals surface area contributed by atoms with Crippen LogP contribution in [0.2, 0.25) is 5.02 Å². The van der Waals surface area contributed by atoms with Crippen LogP contribution in [0.25, 0.3) is 0 Å². The van der Waals surface area contributed by atoms with E-state index < -0.39 is 0 Å². The zero-order chi connectivity index (χ0) is 15.2. The van der Waals surface area contributed by atoms with Gasteiger partial charge in [0, 0.05) is 12.6 Å². The first-order valence-corrected chi connectivity index (χ1v) is 7.69. The highest BCUT2D eigenvalue weighted by Gasteiger charge is 2.12. The van der Waals surface area contributed by atoms with E-state index in [0.717, 1.165) is 18.5 Å². The quantitative estimate of drug-likeness (QED) is 0.793. The summed E-state index contributed by atoms with van der Waals surface area (Å²) in [6, 6.07) is 16.2. The van der Waals surface area contributed by atoms with Gasteiger partial charge in [-0.05, 0) is 35.6 Å². The molecule has 0 saturated heterocycles. The van der Waals surface area contributed by atoms with Crippen LogP contribution >= 0.6 is 11.6 Å². The number of halogens is 1. The molecule has 1 unspecified atom stereocenters. The zero-order valence-corrected chi connectivity index (χ0v) is 13.3. The lowest BCUT2D eigenvalue weighted by Crippen LogP contribution is -2.22. The SMILES string of the molecule is CC(C)CC(NCc1ccc(O)c(Cl)c1)c1ccccc1. The van der Waals surface area contributed by atoms with E-state index in [0.29, 0.717) is 17.0 Å². The molecule has 2 N–H and O–H groups in total. The molecule has 2 rings (SSSR count). The summed E-state index contributed by atoms with van der Waals surface area (Å²) in [5, 5.41) is 13.5. The molecule has 0 aliphatic carbocycles. The fourth-order valence-electron chi connectivity index (χ4n) is 2.40. The third-order valence-corrected chi connectivity index (χ3v) is 3.78.